The van der Waals surface area contributed by atoms with Crippen molar-refractivity contribution in [3.63, 3.8) is 0 Å². The van der Waals surface area contributed by atoms with Gasteiger partial charge in [0, 0.05) is 12.7 Å². The topological polar surface area (TPSA) is 108 Å². The van der Waals surface area contributed by atoms with Crippen LogP contribution in [0.3, 0.4) is 0 Å². The molecule has 0 aromatic carbocycles. The van der Waals surface area contributed by atoms with Gasteiger partial charge in [-0.05, 0) is 18.1 Å². The molecule has 0 atom stereocenters. The van der Waals surface area contributed by atoms with Crippen LogP contribution in [0.1, 0.15) is 24.2 Å². The van der Waals surface area contributed by atoms with Crippen LogP contribution in [-0.2, 0) is 10.2 Å². The number of carbonyl (C=O) groups is 1. The number of pyridine rings is 1. The average molecular weight is 273 g/mol. The second-order valence-electron chi connectivity index (χ2n) is 4.05. The molecule has 1 rings (SSSR count). The summed E-state index contributed by atoms with van der Waals surface area (Å²) in [6.45, 7) is 3.96. The molecule has 0 aliphatic heterocycles. The number of carboxylic acids is 1. The van der Waals surface area contributed by atoms with E-state index in [-0.39, 0.29) is 23.8 Å². The van der Waals surface area contributed by atoms with E-state index in [9.17, 15) is 13.2 Å². The normalized spacial score (nSPS) is 11.5. The van der Waals surface area contributed by atoms with Gasteiger partial charge in [-0.1, -0.05) is 13.8 Å². The zero-order valence-corrected chi connectivity index (χ0v) is 10.9. The summed E-state index contributed by atoms with van der Waals surface area (Å²) < 4.78 is 27.6. The Kier molecular flexibility index (Phi) is 4.62. The molecule has 0 spiro atoms. The van der Waals surface area contributed by atoms with E-state index in [2.05, 4.69) is 14.4 Å². The zero-order valence-electron chi connectivity index (χ0n) is 10.0. The van der Waals surface area contributed by atoms with E-state index in [1.807, 2.05) is 13.8 Å². The fourth-order valence-corrected chi connectivity index (χ4v) is 2.14. The molecule has 0 amide bonds. The Morgan fingerprint density at radius 2 is 2.17 bits per heavy atom. The van der Waals surface area contributed by atoms with Crippen LogP contribution in [0.5, 0.6) is 0 Å². The molecule has 0 saturated carbocycles. The molecule has 3 N–H and O–H groups in total. The van der Waals surface area contributed by atoms with Crippen molar-refractivity contribution in [2.24, 2.45) is 5.92 Å². The van der Waals surface area contributed by atoms with Gasteiger partial charge in [-0.25, -0.2) is 9.78 Å². The van der Waals surface area contributed by atoms with Gasteiger partial charge in [-0.15, -0.1) is 0 Å². The highest BCUT2D eigenvalue weighted by Gasteiger charge is 2.16. The highest BCUT2D eigenvalue weighted by atomic mass is 32.2. The second-order valence-corrected chi connectivity index (χ2v) is 5.55. The molecule has 0 saturated heterocycles. The lowest BCUT2D eigenvalue weighted by molar-refractivity contribution is 0.0697. The Hall–Kier alpha value is -1.67. The Labute approximate surface area is 105 Å². The van der Waals surface area contributed by atoms with Gasteiger partial charge in [-0.2, -0.15) is 13.1 Å². The predicted octanol–water partition coefficient (Wildman–Crippen LogP) is 0.682. The molecule has 1 aromatic rings. The first kappa shape index (κ1) is 14.4. The van der Waals surface area contributed by atoms with Gasteiger partial charge < -0.3 is 5.11 Å². The number of aromatic nitrogens is 1. The summed E-state index contributed by atoms with van der Waals surface area (Å²) in [4.78, 5) is 14.6. The standard InChI is InChI=1S/C10H15N3O4S/c1-7(2)6-12-18(16,17)13-9-8(10(14)15)4-3-5-11-9/h3-5,7,12H,6H2,1-2H3,(H,11,13)(H,14,15). The van der Waals surface area contributed by atoms with Gasteiger partial charge in [0.05, 0.1) is 0 Å². The highest BCUT2D eigenvalue weighted by Crippen LogP contribution is 2.12. The first-order valence-corrected chi connectivity index (χ1v) is 6.76. The maximum Gasteiger partial charge on any atom is 0.339 e. The predicted molar refractivity (Wildman–Crippen MR) is 66.6 cm³/mol. The minimum absolute atomic E-state index is 0.143. The van der Waals surface area contributed by atoms with Crippen LogP contribution in [-0.4, -0.2) is 31.0 Å². The van der Waals surface area contributed by atoms with Crippen molar-refractivity contribution in [3.8, 4) is 0 Å². The van der Waals surface area contributed by atoms with Crippen molar-refractivity contribution in [1.29, 1.82) is 0 Å². The smallest absolute Gasteiger partial charge is 0.339 e. The van der Waals surface area contributed by atoms with Gasteiger partial charge in [0.25, 0.3) is 10.2 Å². The third-order valence-electron chi connectivity index (χ3n) is 1.95. The van der Waals surface area contributed by atoms with Crippen LogP contribution in [0.2, 0.25) is 0 Å². The number of nitrogens with zero attached hydrogens (tertiary/aromatic N) is 1. The number of anilines is 1. The number of carboxylic acid groups (broad SMARTS) is 1. The molecule has 18 heavy (non-hydrogen) atoms. The lowest BCUT2D eigenvalue weighted by Gasteiger charge is -2.11. The molecule has 0 fully saturated rings. The number of hydrogen-bond donors (Lipinski definition) is 3. The molecule has 100 valence electrons. The van der Waals surface area contributed by atoms with Gasteiger partial charge in [0.2, 0.25) is 0 Å². The summed E-state index contributed by atoms with van der Waals surface area (Å²) in [5, 5.41) is 8.89. The molecule has 7 nitrogen and oxygen atoms in total. The largest absolute Gasteiger partial charge is 0.478 e. The molecular formula is C10H15N3O4S. The molecule has 1 heterocycles. The average Bonchev–Trinajstić information content (AvgIpc) is 2.26. The molecule has 0 aliphatic rings. The van der Waals surface area contributed by atoms with E-state index in [4.69, 9.17) is 5.11 Å². The quantitative estimate of drug-likeness (QED) is 0.706. The Bertz CT molecular complexity index is 528. The molecule has 8 heteroatoms. The van der Waals surface area contributed by atoms with Crippen molar-refractivity contribution >= 4 is 22.0 Å². The zero-order chi connectivity index (χ0) is 13.8. The third-order valence-corrected chi connectivity index (χ3v) is 2.96. The summed E-state index contributed by atoms with van der Waals surface area (Å²) in [5.41, 5.74) is -0.201. The van der Waals surface area contributed by atoms with Crippen LogP contribution >= 0.6 is 0 Å². The summed E-state index contributed by atoms with van der Waals surface area (Å²) >= 11 is 0. The van der Waals surface area contributed by atoms with Crippen molar-refractivity contribution in [2.45, 2.75) is 13.8 Å². The van der Waals surface area contributed by atoms with Crippen LogP contribution in [0.15, 0.2) is 18.3 Å². The first-order valence-electron chi connectivity index (χ1n) is 5.27. The van der Waals surface area contributed by atoms with Gasteiger partial charge in [-0.3, -0.25) is 4.72 Å². The lowest BCUT2D eigenvalue weighted by atomic mass is 10.2. The lowest BCUT2D eigenvalue weighted by Crippen LogP contribution is -2.33. The van der Waals surface area contributed by atoms with Crippen LogP contribution in [0.25, 0.3) is 0 Å². The number of aromatic carboxylic acids is 1. The van der Waals surface area contributed by atoms with E-state index < -0.39 is 16.2 Å². The monoisotopic (exact) mass is 273 g/mol. The summed E-state index contributed by atoms with van der Waals surface area (Å²) in [5.74, 6) is -1.31. The molecule has 1 aromatic heterocycles. The number of hydrogen-bond acceptors (Lipinski definition) is 4. The van der Waals surface area contributed by atoms with E-state index >= 15 is 0 Å². The van der Waals surface area contributed by atoms with Crippen LogP contribution < -0.4 is 9.44 Å². The summed E-state index contributed by atoms with van der Waals surface area (Å²) in [6, 6.07) is 2.69. The van der Waals surface area contributed by atoms with E-state index in [0.29, 0.717) is 0 Å². The van der Waals surface area contributed by atoms with Crippen molar-refractivity contribution in [2.75, 3.05) is 11.3 Å². The SMILES string of the molecule is CC(C)CNS(=O)(=O)Nc1ncccc1C(=O)O. The minimum Gasteiger partial charge on any atom is -0.478 e. The maximum absolute atomic E-state index is 11.6. The third kappa shape index (κ3) is 4.30. The maximum atomic E-state index is 11.6. The van der Waals surface area contributed by atoms with Crippen LogP contribution in [0.4, 0.5) is 5.82 Å². The van der Waals surface area contributed by atoms with Gasteiger partial charge >= 0.3 is 5.97 Å². The Balaban J connectivity index is 2.87. The Morgan fingerprint density at radius 1 is 1.50 bits per heavy atom. The molecule has 0 bridgehead atoms. The summed E-state index contributed by atoms with van der Waals surface area (Å²) in [7, 11) is -3.81. The van der Waals surface area contributed by atoms with Crippen molar-refractivity contribution in [3.05, 3.63) is 23.9 Å². The highest BCUT2D eigenvalue weighted by molar-refractivity contribution is 7.90. The molecule has 0 radical (unpaired) electrons. The van der Waals surface area contributed by atoms with Crippen LogP contribution in [0, 0.1) is 5.92 Å². The van der Waals surface area contributed by atoms with E-state index in [1.165, 1.54) is 18.3 Å². The van der Waals surface area contributed by atoms with Gasteiger partial charge in [0.1, 0.15) is 5.56 Å². The Morgan fingerprint density at radius 3 is 2.72 bits per heavy atom. The minimum atomic E-state index is -3.81. The molecule has 0 aliphatic carbocycles. The molecule has 0 unspecified atom stereocenters. The fraction of sp³-hybridized carbons (Fsp3) is 0.400. The van der Waals surface area contributed by atoms with E-state index in [0.717, 1.165) is 0 Å². The van der Waals surface area contributed by atoms with Crippen molar-refractivity contribution in [1.82, 2.24) is 9.71 Å². The fourth-order valence-electron chi connectivity index (χ4n) is 1.10. The number of rotatable bonds is 6. The summed E-state index contributed by atoms with van der Waals surface area (Å²) in [6.07, 6.45) is 1.31. The molecular weight excluding hydrogens is 258 g/mol. The van der Waals surface area contributed by atoms with Gasteiger partial charge in [0.15, 0.2) is 5.82 Å². The van der Waals surface area contributed by atoms with Crippen molar-refractivity contribution < 1.29 is 18.3 Å². The second kappa shape index (κ2) is 5.78. The van der Waals surface area contributed by atoms with E-state index in [1.54, 1.807) is 0 Å². The first-order chi connectivity index (χ1) is 8.32. The number of nitrogens with one attached hydrogen (secondary N) is 2.